The molecule has 0 unspecified atom stereocenters. The lowest BCUT2D eigenvalue weighted by Crippen LogP contribution is -2.48. The molecular weight excluding hydrogens is 380 g/mol. The highest BCUT2D eigenvalue weighted by Crippen LogP contribution is 2.38. The molecule has 2 aliphatic rings. The molecule has 0 aromatic rings. The van der Waals surface area contributed by atoms with Crippen molar-refractivity contribution < 1.29 is 19.1 Å². The van der Waals surface area contributed by atoms with E-state index in [1.807, 2.05) is 0 Å². The van der Waals surface area contributed by atoms with E-state index in [1.165, 1.54) is 0 Å². The summed E-state index contributed by atoms with van der Waals surface area (Å²) in [4.78, 5) is 30.9. The predicted octanol–water partition coefficient (Wildman–Crippen LogP) is 3.18. The Morgan fingerprint density at radius 3 is 1.67 bits per heavy atom. The van der Waals surface area contributed by atoms with E-state index in [0.29, 0.717) is 32.1 Å². The highest BCUT2D eigenvalue weighted by atomic mass is 16.5. The van der Waals surface area contributed by atoms with E-state index in [-0.39, 0.29) is 23.4 Å². The van der Waals surface area contributed by atoms with Crippen molar-refractivity contribution in [3.63, 3.8) is 0 Å². The van der Waals surface area contributed by atoms with Gasteiger partial charge in [0.2, 0.25) is 0 Å². The quantitative estimate of drug-likeness (QED) is 0.376. The van der Waals surface area contributed by atoms with Gasteiger partial charge in [-0.05, 0) is 45.6 Å². The van der Waals surface area contributed by atoms with Crippen LogP contribution in [0.15, 0.2) is 0 Å². The minimum Gasteiger partial charge on any atom is -0.381 e. The van der Waals surface area contributed by atoms with E-state index >= 15 is 0 Å². The van der Waals surface area contributed by atoms with Crippen molar-refractivity contribution >= 4 is 11.6 Å². The lowest BCUT2D eigenvalue weighted by molar-refractivity contribution is -0.131. The number of hydrogen-bond donors (Lipinski definition) is 0. The summed E-state index contributed by atoms with van der Waals surface area (Å²) in [5, 5.41) is 0. The number of likely N-dealkylation sites (N-methyl/N-ethyl adjacent to an activating group) is 1. The molecule has 1 heterocycles. The number of carbonyl (C=O) groups is 2. The van der Waals surface area contributed by atoms with Crippen LogP contribution in [0.1, 0.15) is 65.2 Å². The Labute approximate surface area is 183 Å². The van der Waals surface area contributed by atoms with Crippen LogP contribution in [0, 0.1) is 11.8 Å². The summed E-state index contributed by atoms with van der Waals surface area (Å²) < 4.78 is 11.1. The first-order valence-corrected chi connectivity index (χ1v) is 12.2. The summed E-state index contributed by atoms with van der Waals surface area (Å²) in [6, 6.07) is 0.370. The van der Waals surface area contributed by atoms with Gasteiger partial charge in [0, 0.05) is 83.3 Å². The summed E-state index contributed by atoms with van der Waals surface area (Å²) in [6.45, 7) is 11.2. The van der Waals surface area contributed by atoms with Gasteiger partial charge in [-0.25, -0.2) is 0 Å². The molecule has 0 aromatic carbocycles. The van der Waals surface area contributed by atoms with Gasteiger partial charge in [-0.1, -0.05) is 13.8 Å². The fraction of sp³-hybridized carbons (Fsp3) is 0.917. The van der Waals surface area contributed by atoms with Gasteiger partial charge in [0.05, 0.1) is 0 Å². The lowest BCUT2D eigenvalue weighted by Gasteiger charge is -2.36. The summed E-state index contributed by atoms with van der Waals surface area (Å²) in [5.41, 5.74) is 0. The Hall–Kier alpha value is -0.820. The first kappa shape index (κ1) is 25.4. The zero-order valence-corrected chi connectivity index (χ0v) is 19.6. The van der Waals surface area contributed by atoms with E-state index in [0.717, 1.165) is 77.9 Å². The van der Waals surface area contributed by atoms with Crippen molar-refractivity contribution in [1.82, 2.24) is 9.80 Å². The highest BCUT2D eigenvalue weighted by molar-refractivity contribution is 5.90. The Morgan fingerprint density at radius 1 is 0.767 bits per heavy atom. The standard InChI is InChI=1S/C24H44N2O4/c1-4-14-29-16-6-8-23(27)21-18-20(26-12-10-25(3)11-13-26)19-22(21)24(28)9-7-17-30-15-5-2/h20-22H,4-19H2,1-3H3/t21-,22-/m0/s1. The molecule has 2 fully saturated rings. The van der Waals surface area contributed by atoms with Crippen LogP contribution < -0.4 is 0 Å². The molecule has 174 valence electrons. The third-order valence-corrected chi connectivity index (χ3v) is 6.54. The van der Waals surface area contributed by atoms with Crippen LogP contribution in [-0.2, 0) is 19.1 Å². The number of carbonyl (C=O) groups excluding carboxylic acids is 2. The maximum absolute atomic E-state index is 13.0. The monoisotopic (exact) mass is 424 g/mol. The van der Waals surface area contributed by atoms with Crippen molar-refractivity contribution in [2.45, 2.75) is 71.3 Å². The van der Waals surface area contributed by atoms with Gasteiger partial charge in [-0.2, -0.15) is 0 Å². The molecule has 0 radical (unpaired) electrons. The molecule has 0 spiro atoms. The second-order valence-electron chi connectivity index (χ2n) is 9.04. The topological polar surface area (TPSA) is 59.1 Å². The SMILES string of the molecule is CCCOCCCC(=O)[C@H]1CC(N2CCN(C)CC2)C[C@@H]1C(=O)CCCOCCC. The van der Waals surface area contributed by atoms with Crippen molar-refractivity contribution in [2.24, 2.45) is 11.8 Å². The van der Waals surface area contributed by atoms with Crippen LogP contribution in [0.5, 0.6) is 0 Å². The fourth-order valence-electron chi connectivity index (χ4n) is 4.77. The minimum atomic E-state index is -0.107. The van der Waals surface area contributed by atoms with E-state index < -0.39 is 0 Å². The number of ketones is 2. The average Bonchev–Trinajstić information content (AvgIpc) is 3.19. The summed E-state index contributed by atoms with van der Waals surface area (Å²) in [5.74, 6) is 0.328. The first-order chi connectivity index (χ1) is 14.6. The molecule has 0 aromatic heterocycles. The van der Waals surface area contributed by atoms with Crippen LogP contribution in [0.4, 0.5) is 0 Å². The number of nitrogens with zero attached hydrogens (tertiary/aromatic N) is 2. The molecular formula is C24H44N2O4. The van der Waals surface area contributed by atoms with E-state index in [4.69, 9.17) is 9.47 Å². The van der Waals surface area contributed by atoms with E-state index in [9.17, 15) is 9.59 Å². The molecule has 0 N–H and O–H groups in total. The maximum atomic E-state index is 13.0. The molecule has 1 saturated carbocycles. The largest absolute Gasteiger partial charge is 0.381 e. The second-order valence-corrected chi connectivity index (χ2v) is 9.04. The zero-order chi connectivity index (χ0) is 21.8. The molecule has 0 bridgehead atoms. The number of rotatable bonds is 15. The molecule has 2 atom stereocenters. The van der Waals surface area contributed by atoms with Crippen molar-refractivity contribution in [3.8, 4) is 0 Å². The van der Waals surface area contributed by atoms with E-state index in [2.05, 4.69) is 30.7 Å². The molecule has 1 aliphatic heterocycles. The summed E-state index contributed by atoms with van der Waals surface area (Å²) in [6.07, 6.45) is 6.30. The highest BCUT2D eigenvalue weighted by Gasteiger charge is 2.43. The number of ether oxygens (including phenoxy) is 2. The van der Waals surface area contributed by atoms with Crippen molar-refractivity contribution in [2.75, 3.05) is 59.7 Å². The fourth-order valence-corrected chi connectivity index (χ4v) is 4.77. The normalized spacial score (nSPS) is 23.8. The van der Waals surface area contributed by atoms with Gasteiger partial charge in [-0.15, -0.1) is 0 Å². The molecule has 6 heteroatoms. The Balaban J connectivity index is 1.89. The van der Waals surface area contributed by atoms with Crippen LogP contribution >= 0.6 is 0 Å². The molecule has 6 nitrogen and oxygen atoms in total. The third kappa shape index (κ3) is 8.37. The van der Waals surface area contributed by atoms with E-state index in [1.54, 1.807) is 0 Å². The number of hydrogen-bond acceptors (Lipinski definition) is 6. The molecule has 1 aliphatic carbocycles. The molecule has 30 heavy (non-hydrogen) atoms. The van der Waals surface area contributed by atoms with Gasteiger partial charge in [0.15, 0.2) is 0 Å². The number of piperazine rings is 1. The maximum Gasteiger partial charge on any atom is 0.136 e. The predicted molar refractivity (Wildman–Crippen MR) is 120 cm³/mol. The minimum absolute atomic E-state index is 0.107. The van der Waals surface area contributed by atoms with Gasteiger partial charge in [0.1, 0.15) is 11.6 Å². The number of Topliss-reactive ketones (excluding diaryl/α,β-unsaturated/α-hetero) is 2. The Morgan fingerprint density at radius 2 is 1.23 bits per heavy atom. The zero-order valence-electron chi connectivity index (χ0n) is 19.6. The van der Waals surface area contributed by atoms with Crippen LogP contribution in [-0.4, -0.2) is 87.1 Å². The molecule has 0 amide bonds. The summed E-state index contributed by atoms with van der Waals surface area (Å²) >= 11 is 0. The van der Waals surface area contributed by atoms with Gasteiger partial charge in [-0.3, -0.25) is 14.5 Å². The van der Waals surface area contributed by atoms with Gasteiger partial charge in [0.25, 0.3) is 0 Å². The van der Waals surface area contributed by atoms with Crippen molar-refractivity contribution in [1.29, 1.82) is 0 Å². The first-order valence-electron chi connectivity index (χ1n) is 12.2. The lowest BCUT2D eigenvalue weighted by atomic mass is 9.85. The van der Waals surface area contributed by atoms with Crippen LogP contribution in [0.25, 0.3) is 0 Å². The summed E-state index contributed by atoms with van der Waals surface area (Å²) in [7, 11) is 2.16. The van der Waals surface area contributed by atoms with Crippen LogP contribution in [0.3, 0.4) is 0 Å². The van der Waals surface area contributed by atoms with Crippen LogP contribution in [0.2, 0.25) is 0 Å². The average molecular weight is 425 g/mol. The Bertz CT molecular complexity index is 471. The van der Waals surface area contributed by atoms with Crippen molar-refractivity contribution in [3.05, 3.63) is 0 Å². The van der Waals surface area contributed by atoms with Gasteiger partial charge < -0.3 is 14.4 Å². The molecule has 2 rings (SSSR count). The smallest absolute Gasteiger partial charge is 0.136 e. The van der Waals surface area contributed by atoms with Gasteiger partial charge >= 0.3 is 0 Å². The second kappa shape index (κ2) is 14.3. The third-order valence-electron chi connectivity index (χ3n) is 6.54. The molecule has 1 saturated heterocycles. The Kier molecular flexibility index (Phi) is 12.1.